The zero-order valence-corrected chi connectivity index (χ0v) is 12.7. The number of alkyl carbamates (subject to hydrolysis) is 1. The van der Waals surface area contributed by atoms with Gasteiger partial charge >= 0.3 is 6.09 Å². The third-order valence-corrected chi connectivity index (χ3v) is 4.64. The molecule has 6 nitrogen and oxygen atoms in total. The first-order valence-corrected chi connectivity index (χ1v) is 8.31. The highest BCUT2D eigenvalue weighted by Crippen LogP contribution is 2.25. The molecule has 0 aliphatic heterocycles. The lowest BCUT2D eigenvalue weighted by atomic mass is 9.92. The van der Waals surface area contributed by atoms with Gasteiger partial charge in [0.15, 0.2) is 9.84 Å². The van der Waals surface area contributed by atoms with Crippen LogP contribution in [-0.4, -0.2) is 48.9 Å². The van der Waals surface area contributed by atoms with Crippen molar-refractivity contribution in [2.75, 3.05) is 6.26 Å². The van der Waals surface area contributed by atoms with Crippen molar-refractivity contribution in [3.05, 3.63) is 0 Å². The monoisotopic (exact) mass is 293 g/mol. The predicted molar refractivity (Wildman–Crippen MR) is 71.6 cm³/mol. The summed E-state index contributed by atoms with van der Waals surface area (Å²) in [6.45, 7) is 5.22. The van der Waals surface area contributed by atoms with Crippen LogP contribution >= 0.6 is 0 Å². The van der Waals surface area contributed by atoms with E-state index >= 15 is 0 Å². The van der Waals surface area contributed by atoms with Gasteiger partial charge in [-0.05, 0) is 40.0 Å². The topological polar surface area (TPSA) is 92.7 Å². The molecule has 3 unspecified atom stereocenters. The molecule has 0 bridgehead atoms. The van der Waals surface area contributed by atoms with Gasteiger partial charge in [-0.1, -0.05) is 0 Å². The summed E-state index contributed by atoms with van der Waals surface area (Å²) >= 11 is 0. The van der Waals surface area contributed by atoms with Gasteiger partial charge in [0.1, 0.15) is 5.60 Å². The third kappa shape index (κ3) is 5.36. The lowest BCUT2D eigenvalue weighted by molar-refractivity contribution is 0.0464. The number of aliphatic hydroxyl groups excluding tert-OH is 1. The van der Waals surface area contributed by atoms with Gasteiger partial charge in [-0.15, -0.1) is 0 Å². The van der Waals surface area contributed by atoms with E-state index in [0.29, 0.717) is 12.8 Å². The number of aliphatic hydroxyl groups is 1. The van der Waals surface area contributed by atoms with E-state index in [2.05, 4.69) is 5.32 Å². The molecule has 0 aromatic carbocycles. The van der Waals surface area contributed by atoms with Crippen LogP contribution in [0.4, 0.5) is 4.79 Å². The van der Waals surface area contributed by atoms with Gasteiger partial charge in [-0.2, -0.15) is 0 Å². The lowest BCUT2D eigenvalue weighted by Gasteiger charge is -2.33. The largest absolute Gasteiger partial charge is 0.444 e. The first-order valence-electron chi connectivity index (χ1n) is 6.35. The van der Waals surface area contributed by atoms with Gasteiger partial charge in [0, 0.05) is 12.3 Å². The maximum atomic E-state index is 11.7. The molecule has 0 heterocycles. The van der Waals surface area contributed by atoms with Gasteiger partial charge in [0.2, 0.25) is 0 Å². The normalized spacial score (nSPS) is 28.8. The van der Waals surface area contributed by atoms with E-state index in [9.17, 15) is 18.3 Å². The maximum absolute atomic E-state index is 11.7. The standard InChI is InChI=1S/C12H23NO5S/c1-12(2,3)18-11(15)13-9-6-5-8(14)7-10(9)19(4,16)17/h8-10,14H,5-7H2,1-4H3,(H,13,15). The minimum atomic E-state index is -3.33. The average Bonchev–Trinajstić information content (AvgIpc) is 2.16. The number of carbonyl (C=O) groups is 1. The van der Waals surface area contributed by atoms with E-state index in [1.807, 2.05) is 0 Å². The molecule has 1 rings (SSSR count). The Kier molecular flexibility index (Phi) is 4.84. The van der Waals surface area contributed by atoms with Crippen LogP contribution in [0.3, 0.4) is 0 Å². The minimum Gasteiger partial charge on any atom is -0.444 e. The van der Waals surface area contributed by atoms with E-state index in [-0.39, 0.29) is 6.42 Å². The molecule has 1 fully saturated rings. The maximum Gasteiger partial charge on any atom is 0.407 e. The van der Waals surface area contributed by atoms with Gasteiger partial charge in [-0.25, -0.2) is 13.2 Å². The summed E-state index contributed by atoms with van der Waals surface area (Å²) in [5.74, 6) is 0. The molecule has 0 saturated heterocycles. The molecular weight excluding hydrogens is 270 g/mol. The molecule has 1 saturated carbocycles. The second kappa shape index (κ2) is 5.66. The Morgan fingerprint density at radius 2 is 1.89 bits per heavy atom. The van der Waals surface area contributed by atoms with Crippen molar-refractivity contribution in [2.45, 2.75) is 63.0 Å². The van der Waals surface area contributed by atoms with Crippen molar-refractivity contribution in [2.24, 2.45) is 0 Å². The van der Waals surface area contributed by atoms with Gasteiger partial charge in [0.05, 0.1) is 11.4 Å². The lowest BCUT2D eigenvalue weighted by Crippen LogP contribution is -2.51. The summed E-state index contributed by atoms with van der Waals surface area (Å²) < 4.78 is 28.5. The number of sulfone groups is 1. The molecule has 0 aromatic heterocycles. The summed E-state index contributed by atoms with van der Waals surface area (Å²) in [6.07, 6.45) is 0.933. The van der Waals surface area contributed by atoms with Crippen LogP contribution in [-0.2, 0) is 14.6 Å². The smallest absolute Gasteiger partial charge is 0.407 e. The molecule has 7 heteroatoms. The highest BCUT2D eigenvalue weighted by Gasteiger charge is 2.37. The highest BCUT2D eigenvalue weighted by molar-refractivity contribution is 7.91. The van der Waals surface area contributed by atoms with E-state index in [0.717, 1.165) is 6.26 Å². The van der Waals surface area contributed by atoms with Crippen LogP contribution in [0.1, 0.15) is 40.0 Å². The Labute approximate surface area is 114 Å². The summed E-state index contributed by atoms with van der Waals surface area (Å²) in [6, 6.07) is -0.506. The van der Waals surface area contributed by atoms with E-state index < -0.39 is 38.9 Å². The van der Waals surface area contributed by atoms with E-state index in [1.54, 1.807) is 20.8 Å². The van der Waals surface area contributed by atoms with Crippen molar-refractivity contribution < 1.29 is 23.1 Å². The molecule has 19 heavy (non-hydrogen) atoms. The summed E-state index contributed by atoms with van der Waals surface area (Å²) in [5.41, 5.74) is -0.626. The Bertz CT molecular complexity index is 426. The van der Waals surface area contributed by atoms with Crippen LogP contribution in [0.25, 0.3) is 0 Å². The average molecular weight is 293 g/mol. The quantitative estimate of drug-likeness (QED) is 0.787. The highest BCUT2D eigenvalue weighted by atomic mass is 32.2. The van der Waals surface area contributed by atoms with E-state index in [4.69, 9.17) is 4.74 Å². The molecule has 0 radical (unpaired) electrons. The Morgan fingerprint density at radius 3 is 2.37 bits per heavy atom. The second-order valence-corrected chi connectivity index (χ2v) is 8.35. The van der Waals surface area contributed by atoms with Crippen molar-refractivity contribution in [3.8, 4) is 0 Å². The predicted octanol–water partition coefficient (Wildman–Crippen LogP) is 0.838. The summed E-state index contributed by atoms with van der Waals surface area (Å²) in [5, 5.41) is 11.4. The minimum absolute atomic E-state index is 0.152. The Morgan fingerprint density at radius 1 is 1.32 bits per heavy atom. The zero-order chi connectivity index (χ0) is 14.8. The van der Waals surface area contributed by atoms with Crippen LogP contribution in [0, 0.1) is 0 Å². The molecule has 112 valence electrons. The van der Waals surface area contributed by atoms with Gasteiger partial charge in [-0.3, -0.25) is 0 Å². The number of carbonyl (C=O) groups excluding carboxylic acids is 1. The van der Waals surface area contributed by atoms with Gasteiger partial charge < -0.3 is 15.2 Å². The molecule has 0 spiro atoms. The number of hydrogen-bond acceptors (Lipinski definition) is 5. The van der Waals surface area contributed by atoms with Crippen molar-refractivity contribution in [3.63, 3.8) is 0 Å². The fourth-order valence-electron chi connectivity index (χ4n) is 2.21. The molecule has 1 aliphatic carbocycles. The second-order valence-electron chi connectivity index (χ2n) is 6.09. The van der Waals surface area contributed by atoms with Crippen molar-refractivity contribution >= 4 is 15.9 Å². The summed E-state index contributed by atoms with van der Waals surface area (Å²) in [4.78, 5) is 11.7. The number of amides is 1. The first-order chi connectivity index (χ1) is 8.49. The van der Waals surface area contributed by atoms with Crippen LogP contribution in [0.2, 0.25) is 0 Å². The molecule has 0 aromatic rings. The fraction of sp³-hybridized carbons (Fsp3) is 0.917. The van der Waals surface area contributed by atoms with Crippen molar-refractivity contribution in [1.29, 1.82) is 0 Å². The number of nitrogens with one attached hydrogen (secondary N) is 1. The molecule has 3 atom stereocenters. The molecule has 1 aliphatic rings. The molecular formula is C12H23NO5S. The number of ether oxygens (including phenoxy) is 1. The van der Waals surface area contributed by atoms with Gasteiger partial charge in [0.25, 0.3) is 0 Å². The fourth-order valence-corrected chi connectivity index (χ4v) is 3.58. The molecule has 2 N–H and O–H groups in total. The third-order valence-electron chi connectivity index (χ3n) is 3.02. The molecule has 1 amide bonds. The van der Waals surface area contributed by atoms with Crippen LogP contribution < -0.4 is 5.32 Å². The SMILES string of the molecule is CC(C)(C)OC(=O)NC1CCC(O)CC1S(C)(=O)=O. The first kappa shape index (κ1) is 16.2. The summed E-state index contributed by atoms with van der Waals surface area (Å²) in [7, 11) is -3.33. The number of rotatable bonds is 2. The Balaban J connectivity index is 2.72. The Hall–Kier alpha value is -0.820. The number of hydrogen-bond donors (Lipinski definition) is 2. The van der Waals surface area contributed by atoms with Crippen LogP contribution in [0.15, 0.2) is 0 Å². The zero-order valence-electron chi connectivity index (χ0n) is 11.8. The van der Waals surface area contributed by atoms with Crippen molar-refractivity contribution in [1.82, 2.24) is 5.32 Å². The van der Waals surface area contributed by atoms with E-state index in [1.165, 1.54) is 0 Å². The van der Waals surface area contributed by atoms with Crippen LogP contribution in [0.5, 0.6) is 0 Å².